The minimum Gasteiger partial charge on any atom is -0.494 e. The second-order valence-corrected chi connectivity index (χ2v) is 5.37. The van der Waals surface area contributed by atoms with Crippen molar-refractivity contribution < 1.29 is 9.53 Å². The van der Waals surface area contributed by atoms with E-state index in [1.54, 1.807) is 0 Å². The van der Waals surface area contributed by atoms with Gasteiger partial charge in [-0.15, -0.1) is 0 Å². The van der Waals surface area contributed by atoms with Crippen LogP contribution in [0, 0.1) is 5.92 Å². The van der Waals surface area contributed by atoms with E-state index in [4.69, 9.17) is 4.74 Å². The van der Waals surface area contributed by atoms with Gasteiger partial charge < -0.3 is 15.4 Å². The molecule has 1 heterocycles. The van der Waals surface area contributed by atoms with Gasteiger partial charge in [0.2, 0.25) is 5.91 Å². The summed E-state index contributed by atoms with van der Waals surface area (Å²) in [4.78, 5) is 12.2. The van der Waals surface area contributed by atoms with Gasteiger partial charge in [0.1, 0.15) is 5.75 Å². The number of hydrogen-bond acceptors (Lipinski definition) is 3. The lowest BCUT2D eigenvalue weighted by atomic mass is 9.92. The largest absolute Gasteiger partial charge is 0.494 e. The van der Waals surface area contributed by atoms with Gasteiger partial charge in [-0.05, 0) is 50.9 Å². The third-order valence-corrected chi connectivity index (χ3v) is 3.67. The number of benzene rings is 1. The lowest BCUT2D eigenvalue weighted by Crippen LogP contribution is -2.42. The van der Waals surface area contributed by atoms with E-state index in [9.17, 15) is 4.79 Å². The van der Waals surface area contributed by atoms with Crippen LogP contribution in [0.3, 0.4) is 0 Å². The third kappa shape index (κ3) is 4.23. The second-order valence-electron chi connectivity index (χ2n) is 5.37. The molecule has 0 aliphatic carbocycles. The first-order valence-electron chi connectivity index (χ1n) is 7.42. The maximum absolute atomic E-state index is 12.2. The highest BCUT2D eigenvalue weighted by atomic mass is 16.5. The van der Waals surface area contributed by atoms with Crippen LogP contribution >= 0.6 is 0 Å². The van der Waals surface area contributed by atoms with Crippen molar-refractivity contribution in [3.05, 3.63) is 29.8 Å². The first kappa shape index (κ1) is 14.9. The van der Waals surface area contributed by atoms with E-state index in [-0.39, 0.29) is 11.8 Å². The molecule has 0 radical (unpaired) electrons. The van der Waals surface area contributed by atoms with Crippen LogP contribution in [0.15, 0.2) is 24.3 Å². The Hall–Kier alpha value is -1.55. The summed E-state index contributed by atoms with van der Waals surface area (Å²) in [6.07, 6.45) is 1.85. The first-order chi connectivity index (χ1) is 9.69. The van der Waals surface area contributed by atoms with Crippen molar-refractivity contribution in [2.75, 3.05) is 13.2 Å². The summed E-state index contributed by atoms with van der Waals surface area (Å²) in [6.45, 7) is 6.25. The molecule has 1 aliphatic rings. The molecule has 0 bridgehead atoms. The zero-order valence-electron chi connectivity index (χ0n) is 12.3. The Balaban J connectivity index is 1.85. The molecule has 1 aromatic carbocycles. The van der Waals surface area contributed by atoms with Gasteiger partial charge in [0, 0.05) is 18.5 Å². The van der Waals surface area contributed by atoms with Crippen LogP contribution in [0.4, 0.5) is 0 Å². The summed E-state index contributed by atoms with van der Waals surface area (Å²) < 4.78 is 5.46. The number of carbonyl (C=O) groups is 1. The van der Waals surface area contributed by atoms with Crippen LogP contribution in [-0.4, -0.2) is 25.1 Å². The molecule has 2 N–H and O–H groups in total. The number of piperidine rings is 1. The summed E-state index contributed by atoms with van der Waals surface area (Å²) in [5.41, 5.74) is 1.08. The summed E-state index contributed by atoms with van der Waals surface area (Å²) in [5, 5.41) is 6.40. The molecule has 1 saturated heterocycles. The topological polar surface area (TPSA) is 50.4 Å². The average molecular weight is 276 g/mol. The molecule has 0 unspecified atom stereocenters. The number of hydrogen-bond donors (Lipinski definition) is 2. The maximum Gasteiger partial charge on any atom is 0.223 e. The standard InChI is InChI=1S/C16H24N2O2/c1-3-20-15-6-4-5-13(10-15)11-18-16(19)14-7-8-17-12(2)9-14/h4-6,10,12,14,17H,3,7-9,11H2,1-2H3,(H,18,19)/t12-,14-/m0/s1. The summed E-state index contributed by atoms with van der Waals surface area (Å²) in [6, 6.07) is 8.31. The van der Waals surface area contributed by atoms with Gasteiger partial charge in [-0.2, -0.15) is 0 Å². The van der Waals surface area contributed by atoms with Crippen LogP contribution in [-0.2, 0) is 11.3 Å². The molecule has 1 fully saturated rings. The lowest BCUT2D eigenvalue weighted by molar-refractivity contribution is -0.126. The van der Waals surface area contributed by atoms with Crippen LogP contribution in [0.5, 0.6) is 5.75 Å². The molecular weight excluding hydrogens is 252 g/mol. The highest BCUT2D eigenvalue weighted by molar-refractivity contribution is 5.78. The van der Waals surface area contributed by atoms with E-state index in [0.29, 0.717) is 19.2 Å². The summed E-state index contributed by atoms with van der Waals surface area (Å²) in [7, 11) is 0. The molecule has 2 rings (SSSR count). The Morgan fingerprint density at radius 1 is 1.50 bits per heavy atom. The Labute approximate surface area is 120 Å². The molecular formula is C16H24N2O2. The fourth-order valence-corrected chi connectivity index (χ4v) is 2.62. The van der Waals surface area contributed by atoms with Gasteiger partial charge in [0.25, 0.3) is 0 Å². The van der Waals surface area contributed by atoms with E-state index < -0.39 is 0 Å². The van der Waals surface area contributed by atoms with E-state index in [2.05, 4.69) is 17.6 Å². The second kappa shape index (κ2) is 7.29. The van der Waals surface area contributed by atoms with Crippen molar-refractivity contribution in [1.29, 1.82) is 0 Å². The monoisotopic (exact) mass is 276 g/mol. The fraction of sp³-hybridized carbons (Fsp3) is 0.562. The molecule has 0 spiro atoms. The molecule has 1 amide bonds. The minimum atomic E-state index is 0.140. The molecule has 1 aromatic rings. The predicted molar refractivity (Wildman–Crippen MR) is 79.6 cm³/mol. The van der Waals surface area contributed by atoms with E-state index in [0.717, 1.165) is 30.7 Å². The normalized spacial score (nSPS) is 22.3. The lowest BCUT2D eigenvalue weighted by Gasteiger charge is -2.27. The van der Waals surface area contributed by atoms with Crippen molar-refractivity contribution in [3.63, 3.8) is 0 Å². The Kier molecular flexibility index (Phi) is 5.41. The Morgan fingerprint density at radius 3 is 3.10 bits per heavy atom. The van der Waals surface area contributed by atoms with Crippen molar-refractivity contribution in [3.8, 4) is 5.75 Å². The van der Waals surface area contributed by atoms with Crippen molar-refractivity contribution in [2.45, 2.75) is 39.3 Å². The van der Waals surface area contributed by atoms with Gasteiger partial charge in [0.05, 0.1) is 6.61 Å². The van der Waals surface area contributed by atoms with Crippen LogP contribution < -0.4 is 15.4 Å². The zero-order valence-corrected chi connectivity index (χ0v) is 12.3. The molecule has 2 atom stereocenters. The maximum atomic E-state index is 12.2. The van der Waals surface area contributed by atoms with Gasteiger partial charge in [-0.1, -0.05) is 12.1 Å². The fourth-order valence-electron chi connectivity index (χ4n) is 2.62. The van der Waals surface area contributed by atoms with Crippen LogP contribution in [0.2, 0.25) is 0 Å². The van der Waals surface area contributed by atoms with E-state index in [1.807, 2.05) is 31.2 Å². The molecule has 0 saturated carbocycles. The third-order valence-electron chi connectivity index (χ3n) is 3.67. The number of rotatable bonds is 5. The molecule has 0 aromatic heterocycles. The smallest absolute Gasteiger partial charge is 0.223 e. The highest BCUT2D eigenvalue weighted by Gasteiger charge is 2.24. The molecule has 1 aliphatic heterocycles. The van der Waals surface area contributed by atoms with Crippen LogP contribution in [0.25, 0.3) is 0 Å². The minimum absolute atomic E-state index is 0.140. The summed E-state index contributed by atoms with van der Waals surface area (Å²) in [5.74, 6) is 1.16. The Bertz CT molecular complexity index is 448. The van der Waals surface area contributed by atoms with Gasteiger partial charge in [-0.3, -0.25) is 4.79 Å². The highest BCUT2D eigenvalue weighted by Crippen LogP contribution is 2.17. The predicted octanol–water partition coefficient (Wildman–Crippen LogP) is 2.09. The van der Waals surface area contributed by atoms with Gasteiger partial charge >= 0.3 is 0 Å². The van der Waals surface area contributed by atoms with Gasteiger partial charge in [0.15, 0.2) is 0 Å². The van der Waals surface area contributed by atoms with Crippen molar-refractivity contribution in [1.82, 2.24) is 10.6 Å². The average Bonchev–Trinajstić information content (AvgIpc) is 2.45. The van der Waals surface area contributed by atoms with E-state index in [1.165, 1.54) is 0 Å². The first-order valence-corrected chi connectivity index (χ1v) is 7.42. The SMILES string of the molecule is CCOc1cccc(CNC(=O)[C@H]2CCN[C@@H](C)C2)c1. The van der Waals surface area contributed by atoms with Gasteiger partial charge in [-0.25, -0.2) is 0 Å². The van der Waals surface area contributed by atoms with Crippen molar-refractivity contribution >= 4 is 5.91 Å². The number of carbonyl (C=O) groups excluding carboxylic acids is 1. The van der Waals surface area contributed by atoms with Crippen molar-refractivity contribution in [2.24, 2.45) is 5.92 Å². The number of nitrogens with one attached hydrogen (secondary N) is 2. The molecule has 4 heteroatoms. The number of ether oxygens (including phenoxy) is 1. The zero-order chi connectivity index (χ0) is 14.4. The quantitative estimate of drug-likeness (QED) is 0.866. The Morgan fingerprint density at radius 2 is 2.35 bits per heavy atom. The van der Waals surface area contributed by atoms with Crippen LogP contribution in [0.1, 0.15) is 32.3 Å². The molecule has 4 nitrogen and oxygen atoms in total. The van der Waals surface area contributed by atoms with E-state index >= 15 is 0 Å². The number of amides is 1. The molecule has 110 valence electrons. The summed E-state index contributed by atoms with van der Waals surface area (Å²) >= 11 is 0. The molecule has 20 heavy (non-hydrogen) atoms.